The van der Waals surface area contributed by atoms with E-state index >= 15 is 0 Å². The van der Waals surface area contributed by atoms with Gasteiger partial charge in [-0.1, -0.05) is 24.3 Å². The highest BCUT2D eigenvalue weighted by molar-refractivity contribution is 5.94. The summed E-state index contributed by atoms with van der Waals surface area (Å²) in [5, 5.41) is 2.91. The number of nitrogens with one attached hydrogen (secondary N) is 1. The van der Waals surface area contributed by atoms with Crippen molar-refractivity contribution in [2.45, 2.75) is 19.4 Å². The molecule has 0 bridgehead atoms. The highest BCUT2D eigenvalue weighted by Gasteiger charge is 2.11. The van der Waals surface area contributed by atoms with Crippen molar-refractivity contribution < 1.29 is 9.18 Å². The smallest absolute Gasteiger partial charge is 0.251 e. The van der Waals surface area contributed by atoms with Gasteiger partial charge in [-0.05, 0) is 55.3 Å². The summed E-state index contributed by atoms with van der Waals surface area (Å²) in [6.45, 7) is 2.42. The number of benzene rings is 2. The van der Waals surface area contributed by atoms with Gasteiger partial charge >= 0.3 is 0 Å². The first kappa shape index (κ1) is 15.2. The molecule has 1 amide bonds. The van der Waals surface area contributed by atoms with E-state index in [1.807, 2.05) is 25.1 Å². The molecule has 0 heterocycles. The topological polar surface area (TPSA) is 55.1 Å². The van der Waals surface area contributed by atoms with Crippen LogP contribution in [0.15, 0.2) is 48.5 Å². The van der Waals surface area contributed by atoms with Crippen LogP contribution in [0.2, 0.25) is 0 Å². The van der Waals surface area contributed by atoms with Crippen LogP contribution in [0.4, 0.5) is 4.39 Å². The molecule has 0 radical (unpaired) electrons. The minimum Gasteiger partial charge on any atom is -0.346 e. The van der Waals surface area contributed by atoms with E-state index in [-0.39, 0.29) is 17.8 Å². The third kappa shape index (κ3) is 4.13. The number of carbonyl (C=O) groups is 1. The first-order valence-electron chi connectivity index (χ1n) is 6.95. The Kier molecular flexibility index (Phi) is 5.06. The van der Waals surface area contributed by atoms with Crippen molar-refractivity contribution in [3.8, 4) is 0 Å². The van der Waals surface area contributed by atoms with Crippen LogP contribution in [0.3, 0.4) is 0 Å². The molecule has 3 N–H and O–H groups in total. The maximum atomic E-state index is 12.9. The van der Waals surface area contributed by atoms with Gasteiger partial charge in [-0.2, -0.15) is 0 Å². The molecule has 0 aromatic heterocycles. The van der Waals surface area contributed by atoms with Crippen molar-refractivity contribution in [1.29, 1.82) is 0 Å². The molecule has 0 aliphatic rings. The van der Waals surface area contributed by atoms with Gasteiger partial charge in [0.2, 0.25) is 0 Å². The lowest BCUT2D eigenvalue weighted by molar-refractivity contribution is 0.0940. The van der Waals surface area contributed by atoms with Crippen molar-refractivity contribution in [2.24, 2.45) is 5.73 Å². The summed E-state index contributed by atoms with van der Waals surface area (Å²) in [6, 6.07) is 13.4. The molecule has 1 unspecified atom stereocenters. The summed E-state index contributed by atoms with van der Waals surface area (Å²) in [5.74, 6) is -0.433. The maximum absolute atomic E-state index is 12.9. The van der Waals surface area contributed by atoms with E-state index in [0.717, 1.165) is 17.5 Å². The summed E-state index contributed by atoms with van der Waals surface area (Å²) in [4.78, 5) is 12.2. The molecule has 2 aromatic carbocycles. The van der Waals surface area contributed by atoms with Crippen LogP contribution in [0.1, 0.15) is 34.5 Å². The summed E-state index contributed by atoms with van der Waals surface area (Å²) in [7, 11) is 0. The minimum atomic E-state index is -0.285. The van der Waals surface area contributed by atoms with Crippen molar-refractivity contribution in [1.82, 2.24) is 5.32 Å². The Hall–Kier alpha value is -2.20. The van der Waals surface area contributed by atoms with Gasteiger partial charge < -0.3 is 11.1 Å². The summed E-state index contributed by atoms with van der Waals surface area (Å²) in [5.41, 5.74) is 8.04. The van der Waals surface area contributed by atoms with Crippen LogP contribution in [-0.4, -0.2) is 12.5 Å². The third-order valence-electron chi connectivity index (χ3n) is 3.34. The van der Waals surface area contributed by atoms with Crippen LogP contribution in [0.25, 0.3) is 0 Å². The highest BCUT2D eigenvalue weighted by Crippen LogP contribution is 2.14. The Bertz CT molecular complexity index is 610. The first-order chi connectivity index (χ1) is 10.1. The normalized spacial score (nSPS) is 12.0. The van der Waals surface area contributed by atoms with Gasteiger partial charge in [0, 0.05) is 5.56 Å². The Morgan fingerprint density at radius 2 is 1.95 bits per heavy atom. The van der Waals surface area contributed by atoms with Crippen LogP contribution >= 0.6 is 0 Å². The summed E-state index contributed by atoms with van der Waals surface area (Å²) >= 11 is 0. The highest BCUT2D eigenvalue weighted by atomic mass is 19.1. The first-order valence-corrected chi connectivity index (χ1v) is 6.95. The second-order valence-corrected chi connectivity index (χ2v) is 4.99. The average Bonchev–Trinajstić information content (AvgIpc) is 2.48. The number of nitrogens with two attached hydrogens (primary N) is 1. The fourth-order valence-electron chi connectivity index (χ4n) is 2.15. The summed E-state index contributed by atoms with van der Waals surface area (Å²) < 4.78 is 12.9. The molecule has 2 aromatic rings. The molecule has 0 aliphatic heterocycles. The quantitative estimate of drug-likeness (QED) is 0.888. The Morgan fingerprint density at radius 1 is 1.24 bits per heavy atom. The number of hydrogen-bond acceptors (Lipinski definition) is 2. The van der Waals surface area contributed by atoms with Gasteiger partial charge in [-0.25, -0.2) is 4.39 Å². The predicted molar refractivity (Wildman–Crippen MR) is 81.5 cm³/mol. The van der Waals surface area contributed by atoms with Crippen molar-refractivity contribution in [3.05, 3.63) is 71.0 Å². The standard InChI is InChI=1S/C17H19FN2O/c1-12(14-5-7-16(18)8-6-14)20-17(21)15-4-2-3-13(11-15)9-10-19/h2-8,11-12H,9-10,19H2,1H3,(H,20,21). The lowest BCUT2D eigenvalue weighted by atomic mass is 10.1. The SMILES string of the molecule is CC(NC(=O)c1cccc(CCN)c1)c1ccc(F)cc1. The van der Waals surface area contributed by atoms with Crippen LogP contribution in [0.5, 0.6) is 0 Å². The zero-order valence-corrected chi connectivity index (χ0v) is 12.0. The zero-order valence-electron chi connectivity index (χ0n) is 12.0. The Balaban J connectivity index is 2.06. The van der Waals surface area contributed by atoms with E-state index in [0.29, 0.717) is 12.1 Å². The van der Waals surface area contributed by atoms with E-state index in [9.17, 15) is 9.18 Å². The largest absolute Gasteiger partial charge is 0.346 e. The molecule has 110 valence electrons. The van der Waals surface area contributed by atoms with Gasteiger partial charge in [0.1, 0.15) is 5.82 Å². The molecule has 2 rings (SSSR count). The molecule has 1 atom stereocenters. The third-order valence-corrected chi connectivity index (χ3v) is 3.34. The molecule has 4 heteroatoms. The number of hydrogen-bond donors (Lipinski definition) is 2. The molecule has 0 saturated carbocycles. The van der Waals surface area contributed by atoms with Crippen molar-refractivity contribution in [3.63, 3.8) is 0 Å². The van der Waals surface area contributed by atoms with E-state index in [1.54, 1.807) is 18.2 Å². The summed E-state index contributed by atoms with van der Waals surface area (Å²) in [6.07, 6.45) is 0.745. The molecule has 0 saturated heterocycles. The van der Waals surface area contributed by atoms with Crippen molar-refractivity contribution in [2.75, 3.05) is 6.54 Å². The number of carbonyl (C=O) groups excluding carboxylic acids is 1. The Morgan fingerprint density at radius 3 is 2.62 bits per heavy atom. The molecule has 0 spiro atoms. The van der Waals surface area contributed by atoms with Crippen LogP contribution in [0, 0.1) is 5.82 Å². The second-order valence-electron chi connectivity index (χ2n) is 4.99. The lowest BCUT2D eigenvalue weighted by Crippen LogP contribution is -2.26. The molecule has 0 aliphatic carbocycles. The Labute approximate surface area is 124 Å². The van der Waals surface area contributed by atoms with Gasteiger partial charge in [0.05, 0.1) is 6.04 Å². The fourth-order valence-corrected chi connectivity index (χ4v) is 2.15. The molecule has 21 heavy (non-hydrogen) atoms. The average molecular weight is 286 g/mol. The lowest BCUT2D eigenvalue weighted by Gasteiger charge is -2.14. The molecular weight excluding hydrogens is 267 g/mol. The zero-order chi connectivity index (χ0) is 15.2. The number of rotatable bonds is 5. The van der Waals surface area contributed by atoms with E-state index in [1.165, 1.54) is 12.1 Å². The number of amides is 1. The molecule has 3 nitrogen and oxygen atoms in total. The molecular formula is C17H19FN2O. The van der Waals surface area contributed by atoms with Gasteiger partial charge in [0.25, 0.3) is 5.91 Å². The van der Waals surface area contributed by atoms with Crippen molar-refractivity contribution >= 4 is 5.91 Å². The van der Waals surface area contributed by atoms with E-state index < -0.39 is 0 Å². The van der Waals surface area contributed by atoms with Gasteiger partial charge in [0.15, 0.2) is 0 Å². The van der Waals surface area contributed by atoms with Crippen LogP contribution < -0.4 is 11.1 Å². The predicted octanol–water partition coefficient (Wildman–Crippen LogP) is 2.82. The van der Waals surface area contributed by atoms with E-state index in [2.05, 4.69) is 5.32 Å². The number of halogens is 1. The minimum absolute atomic E-state index is 0.148. The molecule has 0 fully saturated rings. The maximum Gasteiger partial charge on any atom is 0.251 e. The van der Waals surface area contributed by atoms with E-state index in [4.69, 9.17) is 5.73 Å². The van der Waals surface area contributed by atoms with Crippen LogP contribution in [-0.2, 0) is 6.42 Å². The monoisotopic (exact) mass is 286 g/mol. The second kappa shape index (κ2) is 6.99. The fraction of sp³-hybridized carbons (Fsp3) is 0.235. The van der Waals surface area contributed by atoms with Gasteiger partial charge in [-0.3, -0.25) is 4.79 Å². The van der Waals surface area contributed by atoms with Gasteiger partial charge in [-0.15, -0.1) is 0 Å².